The highest BCUT2D eigenvalue weighted by molar-refractivity contribution is 5.91. The molecular formula is C20H34O4. The molecule has 1 atom stereocenters. The van der Waals surface area contributed by atoms with E-state index in [0.717, 1.165) is 25.7 Å². The molecule has 0 aromatic rings. The van der Waals surface area contributed by atoms with Crippen LogP contribution >= 0.6 is 0 Å². The molecule has 1 saturated carbocycles. The summed E-state index contributed by atoms with van der Waals surface area (Å²) in [5.74, 6) is -0.458. The first-order valence-electron chi connectivity index (χ1n) is 9.69. The third-order valence-electron chi connectivity index (χ3n) is 4.71. The Balaban J connectivity index is 2.04. The van der Waals surface area contributed by atoms with Crippen molar-refractivity contribution in [3.63, 3.8) is 0 Å². The van der Waals surface area contributed by atoms with Crippen LogP contribution in [0.2, 0.25) is 0 Å². The number of esters is 2. The van der Waals surface area contributed by atoms with Crippen molar-refractivity contribution in [2.75, 3.05) is 6.61 Å². The average molecular weight is 338 g/mol. The summed E-state index contributed by atoms with van der Waals surface area (Å²) in [6.07, 6.45) is 15.2. The van der Waals surface area contributed by atoms with Gasteiger partial charge in [-0.3, -0.25) is 0 Å². The van der Waals surface area contributed by atoms with Crippen molar-refractivity contribution < 1.29 is 19.1 Å². The highest BCUT2D eigenvalue weighted by atomic mass is 16.5. The van der Waals surface area contributed by atoms with Crippen molar-refractivity contribution in [3.8, 4) is 0 Å². The lowest BCUT2D eigenvalue weighted by Crippen LogP contribution is -2.21. The number of unbranched alkanes of at least 4 members (excludes halogenated alkanes) is 6. The first-order chi connectivity index (χ1) is 11.6. The fraction of sp³-hybridized carbons (Fsp3) is 0.800. The Morgan fingerprint density at radius 2 is 1.54 bits per heavy atom. The number of carbonyl (C=O) groups excluding carboxylic acids is 2. The van der Waals surface area contributed by atoms with Crippen molar-refractivity contribution in [3.05, 3.63) is 12.2 Å². The molecule has 1 rings (SSSR count). The van der Waals surface area contributed by atoms with Crippen LogP contribution in [0.3, 0.4) is 0 Å². The minimum Gasteiger partial charge on any atom is -0.463 e. The summed E-state index contributed by atoms with van der Waals surface area (Å²) in [7, 11) is 0. The number of carbonyl (C=O) groups is 2. The van der Waals surface area contributed by atoms with Crippen LogP contribution < -0.4 is 0 Å². The molecule has 0 bridgehead atoms. The molecule has 1 aliphatic rings. The molecule has 0 aromatic heterocycles. The molecule has 4 nitrogen and oxygen atoms in total. The second kappa shape index (κ2) is 13.0. The Labute approximate surface area is 147 Å². The highest BCUT2D eigenvalue weighted by Crippen LogP contribution is 2.29. The smallest absolute Gasteiger partial charge is 0.331 e. The molecule has 4 heteroatoms. The summed E-state index contributed by atoms with van der Waals surface area (Å²) in [4.78, 5) is 23.2. The SMILES string of the molecule is CCCCCCCCCOC(=O)/C=C/C(=O)OC(C)C1CCCC1. The standard InChI is InChI=1S/C20H34O4/c1-3-4-5-6-7-8-11-16-23-19(21)14-15-20(22)24-17(2)18-12-9-10-13-18/h14-15,17-18H,3-13,16H2,1-2H3/b15-14+. The molecule has 0 aliphatic heterocycles. The second-order valence-electron chi connectivity index (χ2n) is 6.81. The van der Waals surface area contributed by atoms with Crippen molar-refractivity contribution in [2.24, 2.45) is 5.92 Å². The molecule has 0 heterocycles. The zero-order valence-corrected chi connectivity index (χ0v) is 15.4. The molecule has 0 amide bonds. The Morgan fingerprint density at radius 1 is 0.958 bits per heavy atom. The summed E-state index contributed by atoms with van der Waals surface area (Å²) >= 11 is 0. The number of ether oxygens (including phenoxy) is 2. The lowest BCUT2D eigenvalue weighted by Gasteiger charge is -2.18. The van der Waals surface area contributed by atoms with E-state index in [1.54, 1.807) is 0 Å². The van der Waals surface area contributed by atoms with Crippen LogP contribution in [-0.4, -0.2) is 24.6 Å². The molecule has 0 N–H and O–H groups in total. The van der Waals surface area contributed by atoms with E-state index >= 15 is 0 Å². The fourth-order valence-corrected chi connectivity index (χ4v) is 3.16. The van der Waals surface area contributed by atoms with Gasteiger partial charge in [-0.1, -0.05) is 58.3 Å². The van der Waals surface area contributed by atoms with Crippen molar-refractivity contribution >= 4 is 11.9 Å². The van der Waals surface area contributed by atoms with Crippen molar-refractivity contribution in [1.82, 2.24) is 0 Å². The molecule has 1 aliphatic carbocycles. The van der Waals surface area contributed by atoms with Crippen LogP contribution in [0.5, 0.6) is 0 Å². The normalized spacial score (nSPS) is 16.4. The number of rotatable bonds is 12. The van der Waals surface area contributed by atoms with E-state index < -0.39 is 11.9 Å². The predicted molar refractivity (Wildman–Crippen MR) is 95.6 cm³/mol. The van der Waals surface area contributed by atoms with Gasteiger partial charge in [-0.2, -0.15) is 0 Å². The van der Waals surface area contributed by atoms with Crippen LogP contribution in [0, 0.1) is 5.92 Å². The maximum atomic E-state index is 11.7. The molecule has 1 unspecified atom stereocenters. The fourth-order valence-electron chi connectivity index (χ4n) is 3.16. The van der Waals surface area contributed by atoms with Crippen LogP contribution in [0.15, 0.2) is 12.2 Å². The number of hydrogen-bond donors (Lipinski definition) is 0. The van der Waals surface area contributed by atoms with Gasteiger partial charge in [0.1, 0.15) is 6.10 Å². The summed E-state index contributed by atoms with van der Waals surface area (Å²) < 4.78 is 10.4. The van der Waals surface area contributed by atoms with Crippen LogP contribution in [-0.2, 0) is 19.1 Å². The van der Waals surface area contributed by atoms with Gasteiger partial charge in [0.15, 0.2) is 0 Å². The first kappa shape index (κ1) is 20.7. The summed E-state index contributed by atoms with van der Waals surface area (Å²) in [6, 6.07) is 0. The molecule has 24 heavy (non-hydrogen) atoms. The largest absolute Gasteiger partial charge is 0.463 e. The average Bonchev–Trinajstić information content (AvgIpc) is 3.10. The molecule has 0 radical (unpaired) electrons. The second-order valence-corrected chi connectivity index (χ2v) is 6.81. The van der Waals surface area contributed by atoms with E-state index in [0.29, 0.717) is 12.5 Å². The van der Waals surface area contributed by atoms with Gasteiger partial charge in [0.05, 0.1) is 6.61 Å². The molecular weight excluding hydrogens is 304 g/mol. The van der Waals surface area contributed by atoms with Gasteiger partial charge < -0.3 is 9.47 Å². The first-order valence-corrected chi connectivity index (χ1v) is 9.69. The quantitative estimate of drug-likeness (QED) is 0.287. The van der Waals surface area contributed by atoms with Gasteiger partial charge in [-0.05, 0) is 32.1 Å². The highest BCUT2D eigenvalue weighted by Gasteiger charge is 2.23. The Hall–Kier alpha value is -1.32. The van der Waals surface area contributed by atoms with Gasteiger partial charge >= 0.3 is 11.9 Å². The Morgan fingerprint density at radius 3 is 2.21 bits per heavy atom. The third kappa shape index (κ3) is 9.74. The topological polar surface area (TPSA) is 52.6 Å². The molecule has 1 fully saturated rings. The van der Waals surface area contributed by atoms with Crippen LogP contribution in [0.25, 0.3) is 0 Å². The molecule has 0 saturated heterocycles. The van der Waals surface area contributed by atoms with Crippen molar-refractivity contribution in [1.29, 1.82) is 0 Å². The summed E-state index contributed by atoms with van der Waals surface area (Å²) in [5.41, 5.74) is 0. The van der Waals surface area contributed by atoms with E-state index in [1.165, 1.54) is 57.1 Å². The number of hydrogen-bond acceptors (Lipinski definition) is 4. The monoisotopic (exact) mass is 338 g/mol. The Kier molecular flexibility index (Phi) is 11.2. The minimum atomic E-state index is -0.466. The lowest BCUT2D eigenvalue weighted by molar-refractivity contribution is -0.145. The van der Waals surface area contributed by atoms with Gasteiger partial charge in [0.2, 0.25) is 0 Å². The predicted octanol–water partition coefficient (Wildman–Crippen LogP) is 4.96. The van der Waals surface area contributed by atoms with Gasteiger partial charge in [-0.15, -0.1) is 0 Å². The van der Waals surface area contributed by atoms with Gasteiger partial charge in [0.25, 0.3) is 0 Å². The minimum absolute atomic E-state index is 0.0756. The zero-order chi connectivity index (χ0) is 17.6. The Bertz CT molecular complexity index is 383. The van der Waals surface area contributed by atoms with E-state index in [2.05, 4.69) is 6.92 Å². The maximum Gasteiger partial charge on any atom is 0.331 e. The molecule has 0 aromatic carbocycles. The van der Waals surface area contributed by atoms with E-state index in [-0.39, 0.29) is 6.10 Å². The van der Waals surface area contributed by atoms with E-state index in [4.69, 9.17) is 9.47 Å². The van der Waals surface area contributed by atoms with Gasteiger partial charge in [0, 0.05) is 12.2 Å². The van der Waals surface area contributed by atoms with E-state index in [9.17, 15) is 9.59 Å². The van der Waals surface area contributed by atoms with Gasteiger partial charge in [-0.25, -0.2) is 9.59 Å². The van der Waals surface area contributed by atoms with Crippen molar-refractivity contribution in [2.45, 2.75) is 90.6 Å². The molecule has 0 spiro atoms. The zero-order valence-electron chi connectivity index (χ0n) is 15.4. The summed E-state index contributed by atoms with van der Waals surface area (Å²) in [5, 5.41) is 0. The third-order valence-corrected chi connectivity index (χ3v) is 4.71. The summed E-state index contributed by atoms with van der Waals surface area (Å²) in [6.45, 7) is 4.56. The van der Waals surface area contributed by atoms with E-state index in [1.807, 2.05) is 6.92 Å². The van der Waals surface area contributed by atoms with Crippen LogP contribution in [0.1, 0.15) is 84.5 Å². The lowest BCUT2D eigenvalue weighted by atomic mass is 10.0. The molecule has 138 valence electrons. The maximum absolute atomic E-state index is 11.7. The van der Waals surface area contributed by atoms with Crippen LogP contribution in [0.4, 0.5) is 0 Å².